The number of carbonyl (C=O) groups is 4. The SMILES string of the molecule is NC(=O)NC(=O)/C=C\C(=O)NC(N)=O. The Morgan fingerprint density at radius 3 is 1.29 bits per heavy atom. The number of nitrogens with two attached hydrogens (primary N) is 2. The normalized spacial score (nSPS) is 9.43. The van der Waals surface area contributed by atoms with Crippen molar-refractivity contribution in [2.24, 2.45) is 11.5 Å². The molecule has 0 atom stereocenters. The van der Waals surface area contributed by atoms with Gasteiger partial charge in [-0.05, 0) is 0 Å². The standard InChI is InChI=1S/C6H8N4O4/c7-5(13)9-3(11)1-2-4(12)10-6(8)14/h1-2H,(H3,7,9,11,13)(H3,8,10,12,14)/b2-1-. The maximum Gasteiger partial charge on any atom is 0.319 e. The second-order valence-corrected chi connectivity index (χ2v) is 2.04. The Balaban J connectivity index is 4.04. The van der Waals surface area contributed by atoms with Crippen LogP contribution in [0.2, 0.25) is 0 Å². The Morgan fingerprint density at radius 2 is 1.07 bits per heavy atom. The highest BCUT2D eigenvalue weighted by molar-refractivity contribution is 6.06. The van der Waals surface area contributed by atoms with E-state index in [4.69, 9.17) is 0 Å². The lowest BCUT2D eigenvalue weighted by Crippen LogP contribution is -2.35. The van der Waals surface area contributed by atoms with Crippen LogP contribution in [0, 0.1) is 0 Å². The lowest BCUT2D eigenvalue weighted by molar-refractivity contribution is -0.117. The molecular formula is C6H8N4O4. The van der Waals surface area contributed by atoms with Gasteiger partial charge >= 0.3 is 12.1 Å². The Morgan fingerprint density at radius 1 is 0.786 bits per heavy atom. The van der Waals surface area contributed by atoms with Gasteiger partial charge in [0.15, 0.2) is 0 Å². The largest absolute Gasteiger partial charge is 0.351 e. The summed E-state index contributed by atoms with van der Waals surface area (Å²) in [6, 6.07) is -2.09. The van der Waals surface area contributed by atoms with E-state index in [-0.39, 0.29) is 0 Å². The number of nitrogens with one attached hydrogen (secondary N) is 2. The number of hydrogen-bond acceptors (Lipinski definition) is 4. The molecular weight excluding hydrogens is 192 g/mol. The smallest absolute Gasteiger partial charge is 0.319 e. The van der Waals surface area contributed by atoms with E-state index < -0.39 is 23.9 Å². The van der Waals surface area contributed by atoms with Gasteiger partial charge in [0.25, 0.3) is 11.8 Å². The van der Waals surface area contributed by atoms with E-state index in [0.29, 0.717) is 0 Å². The number of imide groups is 2. The summed E-state index contributed by atoms with van der Waals surface area (Å²) < 4.78 is 0. The zero-order valence-corrected chi connectivity index (χ0v) is 6.94. The predicted octanol–water partition coefficient (Wildman–Crippen LogP) is -2.07. The number of hydrogen-bond donors (Lipinski definition) is 4. The van der Waals surface area contributed by atoms with Gasteiger partial charge in [-0.15, -0.1) is 0 Å². The Bertz CT molecular complexity index is 279. The summed E-state index contributed by atoms with van der Waals surface area (Å²) in [6.45, 7) is 0. The summed E-state index contributed by atoms with van der Waals surface area (Å²) in [5.41, 5.74) is 9.20. The summed E-state index contributed by atoms with van der Waals surface area (Å²) in [5.74, 6) is -1.76. The second kappa shape index (κ2) is 5.30. The fraction of sp³-hybridized carbons (Fsp3) is 0. The van der Waals surface area contributed by atoms with Crippen molar-refractivity contribution in [3.8, 4) is 0 Å². The summed E-state index contributed by atoms with van der Waals surface area (Å²) in [4.78, 5) is 41.5. The predicted molar refractivity (Wildman–Crippen MR) is 44.6 cm³/mol. The maximum absolute atomic E-state index is 10.6. The van der Waals surface area contributed by atoms with Gasteiger partial charge in [0, 0.05) is 12.2 Å². The Kier molecular flexibility index (Phi) is 4.40. The first-order valence-electron chi connectivity index (χ1n) is 3.30. The van der Waals surface area contributed by atoms with Crippen LogP contribution in [0.5, 0.6) is 0 Å². The molecule has 0 radical (unpaired) electrons. The molecule has 6 N–H and O–H groups in total. The average Bonchev–Trinajstić information content (AvgIpc) is 1.98. The minimum Gasteiger partial charge on any atom is -0.351 e. The van der Waals surface area contributed by atoms with Crippen LogP contribution in [0.1, 0.15) is 0 Å². The first-order valence-corrected chi connectivity index (χ1v) is 3.30. The molecule has 76 valence electrons. The monoisotopic (exact) mass is 200 g/mol. The van der Waals surface area contributed by atoms with E-state index in [9.17, 15) is 19.2 Å². The highest BCUT2D eigenvalue weighted by Crippen LogP contribution is 1.74. The van der Waals surface area contributed by atoms with E-state index in [1.54, 1.807) is 10.6 Å². The molecule has 8 nitrogen and oxygen atoms in total. The van der Waals surface area contributed by atoms with Gasteiger partial charge in [-0.2, -0.15) is 0 Å². The number of carbonyl (C=O) groups excluding carboxylic acids is 4. The minimum atomic E-state index is -1.05. The third-order valence-electron chi connectivity index (χ3n) is 0.879. The van der Waals surface area contributed by atoms with Crippen LogP contribution in [0.3, 0.4) is 0 Å². The van der Waals surface area contributed by atoms with E-state index >= 15 is 0 Å². The topological polar surface area (TPSA) is 144 Å². The number of rotatable bonds is 2. The van der Waals surface area contributed by atoms with Crippen molar-refractivity contribution < 1.29 is 19.2 Å². The van der Waals surface area contributed by atoms with Gasteiger partial charge in [-0.25, -0.2) is 9.59 Å². The van der Waals surface area contributed by atoms with Crippen molar-refractivity contribution in [3.63, 3.8) is 0 Å². The fourth-order valence-corrected chi connectivity index (χ4v) is 0.478. The highest BCUT2D eigenvalue weighted by Gasteiger charge is 2.01. The van der Waals surface area contributed by atoms with Crippen LogP contribution in [-0.4, -0.2) is 23.9 Å². The molecule has 0 fully saturated rings. The van der Waals surface area contributed by atoms with Gasteiger partial charge in [0.1, 0.15) is 0 Å². The van der Waals surface area contributed by atoms with Crippen molar-refractivity contribution in [2.45, 2.75) is 0 Å². The van der Waals surface area contributed by atoms with E-state index in [1.807, 2.05) is 0 Å². The molecule has 0 bridgehead atoms. The molecule has 0 saturated carbocycles. The average molecular weight is 200 g/mol. The fourth-order valence-electron chi connectivity index (χ4n) is 0.478. The molecule has 6 amide bonds. The molecule has 0 spiro atoms. The van der Waals surface area contributed by atoms with E-state index in [2.05, 4.69) is 11.5 Å². The van der Waals surface area contributed by atoms with E-state index in [0.717, 1.165) is 12.2 Å². The first-order chi connectivity index (χ1) is 6.41. The molecule has 0 aromatic carbocycles. The quantitative estimate of drug-likeness (QED) is 0.379. The molecule has 14 heavy (non-hydrogen) atoms. The molecule has 0 aliphatic carbocycles. The lowest BCUT2D eigenvalue weighted by atomic mass is 10.4. The van der Waals surface area contributed by atoms with Gasteiger partial charge in [-0.3, -0.25) is 20.2 Å². The molecule has 0 saturated heterocycles. The Hall–Kier alpha value is -2.38. The number of primary amides is 2. The molecule has 0 aliphatic rings. The maximum atomic E-state index is 10.6. The van der Waals surface area contributed by atoms with Crippen molar-refractivity contribution in [1.82, 2.24) is 10.6 Å². The molecule has 0 unspecified atom stereocenters. The van der Waals surface area contributed by atoms with Crippen LogP contribution >= 0.6 is 0 Å². The van der Waals surface area contributed by atoms with Crippen molar-refractivity contribution >= 4 is 23.9 Å². The zero-order valence-electron chi connectivity index (χ0n) is 6.94. The lowest BCUT2D eigenvalue weighted by Gasteiger charge is -1.94. The van der Waals surface area contributed by atoms with Gasteiger partial charge in [0.2, 0.25) is 0 Å². The van der Waals surface area contributed by atoms with Crippen molar-refractivity contribution in [1.29, 1.82) is 0 Å². The number of amides is 6. The third-order valence-corrected chi connectivity index (χ3v) is 0.879. The minimum absolute atomic E-state index is 0.725. The van der Waals surface area contributed by atoms with Gasteiger partial charge in [-0.1, -0.05) is 0 Å². The molecule has 0 rings (SSSR count). The van der Waals surface area contributed by atoms with Crippen LogP contribution in [-0.2, 0) is 9.59 Å². The van der Waals surface area contributed by atoms with Gasteiger partial charge < -0.3 is 11.5 Å². The molecule has 0 heterocycles. The van der Waals surface area contributed by atoms with Crippen molar-refractivity contribution in [2.75, 3.05) is 0 Å². The summed E-state index contributed by atoms with van der Waals surface area (Å²) in [6.07, 6.45) is 1.45. The van der Waals surface area contributed by atoms with Crippen LogP contribution in [0.15, 0.2) is 12.2 Å². The number of urea groups is 2. The first kappa shape index (κ1) is 11.6. The second-order valence-electron chi connectivity index (χ2n) is 2.04. The molecule has 0 aliphatic heterocycles. The molecule has 0 aromatic rings. The zero-order chi connectivity index (χ0) is 11.1. The van der Waals surface area contributed by atoms with Crippen LogP contribution in [0.4, 0.5) is 9.59 Å². The summed E-state index contributed by atoms with van der Waals surface area (Å²) in [7, 11) is 0. The van der Waals surface area contributed by atoms with Crippen LogP contribution < -0.4 is 22.1 Å². The summed E-state index contributed by atoms with van der Waals surface area (Å²) >= 11 is 0. The molecule has 0 aromatic heterocycles. The summed E-state index contributed by atoms with van der Waals surface area (Å²) in [5, 5.41) is 3.34. The van der Waals surface area contributed by atoms with E-state index in [1.165, 1.54) is 0 Å². The third kappa shape index (κ3) is 6.34. The van der Waals surface area contributed by atoms with Gasteiger partial charge in [0.05, 0.1) is 0 Å². The van der Waals surface area contributed by atoms with Crippen LogP contribution in [0.25, 0.3) is 0 Å². The Labute approximate surface area is 78.3 Å². The molecule has 8 heteroatoms. The van der Waals surface area contributed by atoms with Crippen molar-refractivity contribution in [3.05, 3.63) is 12.2 Å². The highest BCUT2D eigenvalue weighted by atomic mass is 16.2.